The van der Waals surface area contributed by atoms with E-state index in [-0.39, 0.29) is 5.52 Å². The highest BCUT2D eigenvalue weighted by atomic mass is 35.5. The molecule has 3 heterocycles. The van der Waals surface area contributed by atoms with Crippen LogP contribution in [0, 0.1) is 0 Å². The van der Waals surface area contributed by atoms with Crippen molar-refractivity contribution in [2.45, 2.75) is 13.0 Å². The number of halogens is 3. The fourth-order valence-electron chi connectivity index (χ4n) is 2.95. The second-order valence-corrected chi connectivity index (χ2v) is 5.93. The molecule has 25 heavy (non-hydrogen) atoms. The van der Waals surface area contributed by atoms with Gasteiger partial charge in [0.15, 0.2) is 0 Å². The lowest BCUT2D eigenvalue weighted by molar-refractivity contribution is 0.123. The van der Waals surface area contributed by atoms with Gasteiger partial charge in [0.25, 0.3) is 12.0 Å². The van der Waals surface area contributed by atoms with Gasteiger partial charge in [-0.05, 0) is 24.3 Å². The first-order chi connectivity index (χ1) is 12.1. The van der Waals surface area contributed by atoms with Crippen LogP contribution in [0.4, 0.5) is 8.78 Å². The molecule has 3 aromatic heterocycles. The third-order valence-corrected chi connectivity index (χ3v) is 4.19. The maximum absolute atomic E-state index is 13.1. The van der Waals surface area contributed by atoms with Crippen molar-refractivity contribution in [3.63, 3.8) is 0 Å². The molecule has 0 spiro atoms. The van der Waals surface area contributed by atoms with Gasteiger partial charge in [0.1, 0.15) is 12.1 Å². The molecule has 0 saturated carbocycles. The predicted molar refractivity (Wildman–Crippen MR) is 91.6 cm³/mol. The van der Waals surface area contributed by atoms with Crippen molar-refractivity contribution < 1.29 is 8.78 Å². The lowest BCUT2D eigenvalue weighted by Crippen LogP contribution is -2.22. The van der Waals surface area contributed by atoms with E-state index in [9.17, 15) is 13.6 Å². The number of hydrogen-bond donors (Lipinski definition) is 0. The Balaban J connectivity index is 2.18. The molecule has 0 aliphatic carbocycles. The minimum atomic E-state index is -2.62. The Hall–Kier alpha value is -2.80. The van der Waals surface area contributed by atoms with E-state index >= 15 is 0 Å². The van der Waals surface area contributed by atoms with Crippen LogP contribution in [0.25, 0.3) is 27.5 Å². The number of rotatable bonds is 3. The summed E-state index contributed by atoms with van der Waals surface area (Å²) in [6, 6.07) is 8.51. The van der Waals surface area contributed by atoms with Crippen LogP contribution in [0.5, 0.6) is 0 Å². The fraction of sp³-hybridized carbons (Fsp3) is 0.118. The third kappa shape index (κ3) is 2.56. The van der Waals surface area contributed by atoms with Gasteiger partial charge in [-0.15, -0.1) is 0 Å². The molecule has 4 aromatic rings. The quantitative estimate of drug-likeness (QED) is 0.560. The summed E-state index contributed by atoms with van der Waals surface area (Å²) in [4.78, 5) is 17.1. The normalized spacial score (nSPS) is 11.7. The first-order valence-corrected chi connectivity index (χ1v) is 7.82. The number of aromatic nitrogens is 4. The molecule has 0 radical (unpaired) electrons. The molecular formula is C17H11ClF2N4O. The van der Waals surface area contributed by atoms with Gasteiger partial charge >= 0.3 is 0 Å². The van der Waals surface area contributed by atoms with E-state index < -0.39 is 18.5 Å². The monoisotopic (exact) mass is 360 g/mol. The van der Waals surface area contributed by atoms with Crippen molar-refractivity contribution >= 4 is 33.4 Å². The van der Waals surface area contributed by atoms with Crippen LogP contribution in [0.3, 0.4) is 0 Å². The number of alkyl halides is 2. The number of fused-ring (bicyclic) bond motifs is 3. The van der Waals surface area contributed by atoms with Crippen molar-refractivity contribution in [1.29, 1.82) is 0 Å². The molecule has 4 rings (SSSR count). The van der Waals surface area contributed by atoms with Gasteiger partial charge in [0.05, 0.1) is 23.6 Å². The molecule has 0 atom stereocenters. The highest BCUT2D eigenvalue weighted by Gasteiger charge is 2.18. The number of pyridine rings is 2. The van der Waals surface area contributed by atoms with Crippen LogP contribution < -0.4 is 5.56 Å². The average molecular weight is 361 g/mol. The molecule has 0 aliphatic rings. The summed E-state index contributed by atoms with van der Waals surface area (Å²) in [6.45, 7) is -0.648. The third-order valence-electron chi connectivity index (χ3n) is 3.95. The summed E-state index contributed by atoms with van der Waals surface area (Å²) < 4.78 is 28.2. The van der Waals surface area contributed by atoms with Crippen LogP contribution >= 0.6 is 11.6 Å². The van der Waals surface area contributed by atoms with E-state index in [4.69, 9.17) is 11.6 Å². The molecule has 0 bridgehead atoms. The van der Waals surface area contributed by atoms with Crippen molar-refractivity contribution in [3.05, 3.63) is 64.3 Å². The zero-order valence-electron chi connectivity index (χ0n) is 12.7. The lowest BCUT2D eigenvalue weighted by atomic mass is 10.1. The Morgan fingerprint density at radius 3 is 2.72 bits per heavy atom. The van der Waals surface area contributed by atoms with Gasteiger partial charge in [-0.2, -0.15) is 5.10 Å². The Morgan fingerprint density at radius 2 is 2.00 bits per heavy atom. The zero-order chi connectivity index (χ0) is 17.6. The van der Waals surface area contributed by atoms with Crippen molar-refractivity contribution in [2.24, 2.45) is 0 Å². The van der Waals surface area contributed by atoms with Crippen LogP contribution in [-0.2, 0) is 6.54 Å². The molecule has 0 fully saturated rings. The number of benzene rings is 1. The Kier molecular flexibility index (Phi) is 3.73. The summed E-state index contributed by atoms with van der Waals surface area (Å²) in [5, 5.41) is 5.65. The van der Waals surface area contributed by atoms with Crippen LogP contribution in [0.1, 0.15) is 0 Å². The summed E-state index contributed by atoms with van der Waals surface area (Å²) in [5.74, 6) is 0. The molecule has 5 nitrogen and oxygen atoms in total. The average Bonchev–Trinajstić information content (AvgIpc) is 2.99. The number of hydrogen-bond acceptors (Lipinski definition) is 3. The van der Waals surface area contributed by atoms with Gasteiger partial charge in [-0.3, -0.25) is 19.0 Å². The van der Waals surface area contributed by atoms with E-state index in [0.29, 0.717) is 27.0 Å². The van der Waals surface area contributed by atoms with Gasteiger partial charge in [-0.25, -0.2) is 8.78 Å². The molecular weight excluding hydrogens is 350 g/mol. The van der Waals surface area contributed by atoms with Crippen molar-refractivity contribution in [1.82, 2.24) is 19.3 Å². The lowest BCUT2D eigenvalue weighted by Gasteiger charge is -2.12. The van der Waals surface area contributed by atoms with Crippen molar-refractivity contribution in [3.8, 4) is 5.69 Å². The van der Waals surface area contributed by atoms with E-state index in [0.717, 1.165) is 4.68 Å². The van der Waals surface area contributed by atoms with Gasteiger partial charge in [0.2, 0.25) is 0 Å². The smallest absolute Gasteiger partial charge is 0.273 e. The van der Waals surface area contributed by atoms with E-state index in [1.54, 1.807) is 36.5 Å². The maximum Gasteiger partial charge on any atom is 0.281 e. The molecule has 0 N–H and O–H groups in total. The molecule has 0 unspecified atom stereocenters. The second kappa shape index (κ2) is 5.93. The summed E-state index contributed by atoms with van der Waals surface area (Å²) in [5.41, 5.74) is 0.760. The topological polar surface area (TPSA) is 52.7 Å². The Bertz CT molecular complexity index is 1140. The van der Waals surface area contributed by atoms with Crippen LogP contribution in [0.15, 0.2) is 53.7 Å². The van der Waals surface area contributed by atoms with Crippen LogP contribution in [-0.4, -0.2) is 25.8 Å². The fourth-order valence-corrected chi connectivity index (χ4v) is 3.12. The highest BCUT2D eigenvalue weighted by molar-refractivity contribution is 6.31. The Morgan fingerprint density at radius 1 is 1.16 bits per heavy atom. The Labute approximate surface area is 145 Å². The minimum absolute atomic E-state index is 0.124. The van der Waals surface area contributed by atoms with Gasteiger partial charge in [-0.1, -0.05) is 17.7 Å². The van der Waals surface area contributed by atoms with E-state index in [1.807, 2.05) is 0 Å². The molecule has 8 heteroatoms. The molecule has 0 amide bonds. The molecule has 0 saturated heterocycles. The molecule has 0 aliphatic heterocycles. The van der Waals surface area contributed by atoms with E-state index in [1.165, 1.54) is 17.0 Å². The molecule has 126 valence electrons. The van der Waals surface area contributed by atoms with Crippen LogP contribution in [0.2, 0.25) is 5.02 Å². The summed E-state index contributed by atoms with van der Waals surface area (Å²) in [6.07, 6.45) is 1.93. The van der Waals surface area contributed by atoms with Gasteiger partial charge < -0.3 is 0 Å². The first-order valence-electron chi connectivity index (χ1n) is 7.44. The highest BCUT2D eigenvalue weighted by Crippen LogP contribution is 2.27. The SMILES string of the molecule is O=c1c2c(cnn2CC(F)F)c2ccc(Cl)cc2n1-c1cccnc1. The second-order valence-electron chi connectivity index (χ2n) is 5.49. The van der Waals surface area contributed by atoms with Crippen molar-refractivity contribution in [2.75, 3.05) is 0 Å². The number of nitrogens with zero attached hydrogens (tertiary/aromatic N) is 4. The largest absolute Gasteiger partial charge is 0.281 e. The van der Waals surface area contributed by atoms with Gasteiger partial charge in [0, 0.05) is 22.0 Å². The predicted octanol–water partition coefficient (Wildman–Crippen LogP) is 3.65. The standard InChI is InChI=1S/C17H11ClF2N4O/c18-10-3-4-12-13-8-22-23(9-15(19)20)16(13)17(25)24(14(12)6-10)11-2-1-5-21-7-11/h1-8,15H,9H2. The zero-order valence-corrected chi connectivity index (χ0v) is 13.5. The maximum atomic E-state index is 13.1. The minimum Gasteiger partial charge on any atom is -0.273 e. The first kappa shape index (κ1) is 15.7. The summed E-state index contributed by atoms with van der Waals surface area (Å²) >= 11 is 6.10. The molecule has 1 aromatic carbocycles. The summed E-state index contributed by atoms with van der Waals surface area (Å²) in [7, 11) is 0. The van der Waals surface area contributed by atoms with E-state index in [2.05, 4.69) is 10.1 Å².